The van der Waals surface area contributed by atoms with E-state index in [1.807, 2.05) is 25.1 Å². The summed E-state index contributed by atoms with van der Waals surface area (Å²) in [5, 5.41) is 7.59. The van der Waals surface area contributed by atoms with E-state index >= 15 is 0 Å². The van der Waals surface area contributed by atoms with E-state index in [0.717, 1.165) is 45.2 Å². The Kier molecular flexibility index (Phi) is 4.47. The molecule has 2 aliphatic rings. The fourth-order valence-corrected chi connectivity index (χ4v) is 4.58. The van der Waals surface area contributed by atoms with E-state index in [4.69, 9.17) is 0 Å². The van der Waals surface area contributed by atoms with Gasteiger partial charge in [-0.1, -0.05) is 19.3 Å². The van der Waals surface area contributed by atoms with Crippen molar-refractivity contribution in [2.24, 2.45) is 0 Å². The van der Waals surface area contributed by atoms with Gasteiger partial charge in [-0.15, -0.1) is 11.3 Å². The number of benzene rings is 1. The molecule has 9 heteroatoms. The number of imide groups is 1. The molecule has 2 heterocycles. The van der Waals surface area contributed by atoms with Gasteiger partial charge in [0.1, 0.15) is 5.54 Å². The van der Waals surface area contributed by atoms with E-state index in [9.17, 15) is 14.4 Å². The summed E-state index contributed by atoms with van der Waals surface area (Å²) in [6, 6.07) is 5.11. The predicted molar refractivity (Wildman–Crippen MR) is 102 cm³/mol. The van der Waals surface area contributed by atoms with Crippen LogP contribution >= 0.6 is 11.3 Å². The molecule has 0 atom stereocenters. The second kappa shape index (κ2) is 6.80. The second-order valence-electron chi connectivity index (χ2n) is 7.02. The van der Waals surface area contributed by atoms with Crippen molar-refractivity contribution in [2.75, 3.05) is 11.9 Å². The summed E-state index contributed by atoms with van der Waals surface area (Å²) in [6.45, 7) is 1.90. The second-order valence-corrected chi connectivity index (χ2v) is 8.25. The van der Waals surface area contributed by atoms with Crippen LogP contribution in [0.1, 0.15) is 37.1 Å². The minimum atomic E-state index is -0.842. The van der Waals surface area contributed by atoms with Crippen molar-refractivity contribution in [1.82, 2.24) is 20.7 Å². The molecule has 1 aliphatic carbocycles. The van der Waals surface area contributed by atoms with E-state index in [-0.39, 0.29) is 12.5 Å². The number of hydrazine groups is 1. The molecular weight excluding hydrogens is 366 g/mol. The zero-order valence-corrected chi connectivity index (χ0v) is 15.8. The molecule has 1 aliphatic heterocycles. The number of aryl methyl sites for hydroxylation is 1. The van der Waals surface area contributed by atoms with Crippen LogP contribution in [0, 0.1) is 6.92 Å². The maximum Gasteiger partial charge on any atom is 0.344 e. The summed E-state index contributed by atoms with van der Waals surface area (Å²) in [5.41, 5.74) is 3.28. The van der Waals surface area contributed by atoms with Crippen LogP contribution in [0.2, 0.25) is 0 Å². The lowest BCUT2D eigenvalue weighted by molar-refractivity contribution is -0.139. The van der Waals surface area contributed by atoms with Crippen molar-refractivity contribution in [2.45, 2.75) is 44.6 Å². The average molecular weight is 387 g/mol. The fraction of sp³-hybridized carbons (Fsp3) is 0.444. The molecule has 1 spiro atoms. The van der Waals surface area contributed by atoms with Gasteiger partial charge in [-0.05, 0) is 38.0 Å². The summed E-state index contributed by atoms with van der Waals surface area (Å²) in [7, 11) is 0. The first-order valence-electron chi connectivity index (χ1n) is 9.04. The third-order valence-electron chi connectivity index (χ3n) is 5.05. The van der Waals surface area contributed by atoms with Gasteiger partial charge in [0.15, 0.2) is 0 Å². The average Bonchev–Trinajstić information content (AvgIpc) is 3.12. The molecule has 3 N–H and O–H groups in total. The molecule has 27 heavy (non-hydrogen) atoms. The summed E-state index contributed by atoms with van der Waals surface area (Å²) in [6.07, 6.45) is 4.10. The van der Waals surface area contributed by atoms with E-state index in [0.29, 0.717) is 12.8 Å². The van der Waals surface area contributed by atoms with Crippen LogP contribution in [-0.2, 0) is 9.59 Å². The number of rotatable bonds is 4. The number of fused-ring (bicyclic) bond motifs is 1. The van der Waals surface area contributed by atoms with Gasteiger partial charge in [-0.3, -0.25) is 15.0 Å². The third-order valence-corrected chi connectivity index (χ3v) is 5.99. The van der Waals surface area contributed by atoms with Crippen LogP contribution in [0.25, 0.3) is 10.2 Å². The number of nitrogens with one attached hydrogen (secondary N) is 3. The number of amides is 4. The highest BCUT2D eigenvalue weighted by molar-refractivity contribution is 7.18. The summed E-state index contributed by atoms with van der Waals surface area (Å²) in [5.74, 6) is -0.811. The Morgan fingerprint density at radius 3 is 2.85 bits per heavy atom. The minimum absolute atomic E-state index is 0.0483. The SMILES string of the molecule is Cc1nc2ccc(NCC(=O)NN3C(=O)NC4(CCCCC4)C3=O)cc2s1. The smallest absolute Gasteiger partial charge is 0.344 e. The molecule has 142 valence electrons. The third kappa shape index (κ3) is 3.34. The monoisotopic (exact) mass is 387 g/mol. The van der Waals surface area contributed by atoms with Gasteiger partial charge in [-0.2, -0.15) is 5.01 Å². The first-order valence-corrected chi connectivity index (χ1v) is 9.86. The van der Waals surface area contributed by atoms with Crippen molar-refractivity contribution in [1.29, 1.82) is 0 Å². The molecule has 4 rings (SSSR count). The van der Waals surface area contributed by atoms with E-state index in [1.165, 1.54) is 0 Å². The molecule has 2 aromatic rings. The number of carbonyl (C=O) groups excluding carboxylic acids is 3. The van der Waals surface area contributed by atoms with Crippen LogP contribution in [0.4, 0.5) is 10.5 Å². The number of aromatic nitrogens is 1. The van der Waals surface area contributed by atoms with Crippen LogP contribution in [0.3, 0.4) is 0 Å². The van der Waals surface area contributed by atoms with Crippen LogP contribution < -0.4 is 16.1 Å². The zero-order chi connectivity index (χ0) is 19.0. The number of thiazole rings is 1. The maximum atomic E-state index is 12.7. The van der Waals surface area contributed by atoms with Crippen LogP contribution in [0.15, 0.2) is 18.2 Å². The Hall–Kier alpha value is -2.68. The van der Waals surface area contributed by atoms with Gasteiger partial charge in [0, 0.05) is 5.69 Å². The van der Waals surface area contributed by atoms with E-state index in [2.05, 4.69) is 21.0 Å². The largest absolute Gasteiger partial charge is 0.376 e. The normalized spacial score (nSPS) is 18.8. The molecule has 1 saturated carbocycles. The molecular formula is C18H21N5O3S. The van der Waals surface area contributed by atoms with E-state index in [1.54, 1.807) is 11.3 Å². The Morgan fingerprint density at radius 2 is 2.07 bits per heavy atom. The number of anilines is 1. The van der Waals surface area contributed by atoms with Crippen molar-refractivity contribution in [3.05, 3.63) is 23.2 Å². The lowest BCUT2D eigenvalue weighted by Crippen LogP contribution is -2.51. The Morgan fingerprint density at radius 1 is 1.30 bits per heavy atom. The highest BCUT2D eigenvalue weighted by atomic mass is 32.1. The molecule has 1 aromatic heterocycles. The maximum absolute atomic E-state index is 12.7. The topological polar surface area (TPSA) is 103 Å². The summed E-state index contributed by atoms with van der Waals surface area (Å²) in [4.78, 5) is 41.5. The van der Waals surface area contributed by atoms with Gasteiger partial charge in [0.2, 0.25) is 0 Å². The Bertz CT molecular complexity index is 919. The fourth-order valence-electron chi connectivity index (χ4n) is 3.71. The number of urea groups is 1. The first kappa shape index (κ1) is 17.7. The summed E-state index contributed by atoms with van der Waals surface area (Å²) < 4.78 is 1.03. The van der Waals surface area contributed by atoms with Crippen molar-refractivity contribution < 1.29 is 14.4 Å². The number of hydrogen-bond acceptors (Lipinski definition) is 6. The lowest BCUT2D eigenvalue weighted by atomic mass is 9.82. The lowest BCUT2D eigenvalue weighted by Gasteiger charge is -2.30. The minimum Gasteiger partial charge on any atom is -0.376 e. The quantitative estimate of drug-likeness (QED) is 0.699. The standard InChI is InChI=1S/C18H21N5O3S/c1-11-20-13-6-5-12(9-14(13)27-11)19-10-15(24)22-23-16(25)18(21-17(23)26)7-3-2-4-8-18/h5-6,9,19H,2-4,7-8,10H2,1H3,(H,21,26)(H,22,24). The van der Waals surface area contributed by atoms with Crippen LogP contribution in [0.5, 0.6) is 0 Å². The van der Waals surface area contributed by atoms with Gasteiger partial charge >= 0.3 is 6.03 Å². The molecule has 4 amide bonds. The molecule has 1 aromatic carbocycles. The Labute approximate surface area is 160 Å². The molecule has 0 bridgehead atoms. The summed E-state index contributed by atoms with van der Waals surface area (Å²) >= 11 is 1.58. The predicted octanol–water partition coefficient (Wildman–Crippen LogP) is 2.30. The number of hydrogen-bond donors (Lipinski definition) is 3. The van der Waals surface area contributed by atoms with Gasteiger partial charge < -0.3 is 10.6 Å². The Balaban J connectivity index is 1.37. The van der Waals surface area contributed by atoms with E-state index < -0.39 is 17.5 Å². The highest BCUT2D eigenvalue weighted by Gasteiger charge is 2.52. The van der Waals surface area contributed by atoms with Crippen LogP contribution in [-0.4, -0.2) is 39.9 Å². The van der Waals surface area contributed by atoms with Crippen molar-refractivity contribution in [3.63, 3.8) is 0 Å². The molecule has 0 unspecified atom stereocenters. The van der Waals surface area contributed by atoms with Gasteiger partial charge in [-0.25, -0.2) is 9.78 Å². The first-order chi connectivity index (χ1) is 13.0. The van der Waals surface area contributed by atoms with Crippen molar-refractivity contribution in [3.8, 4) is 0 Å². The highest BCUT2D eigenvalue weighted by Crippen LogP contribution is 2.33. The van der Waals surface area contributed by atoms with Gasteiger partial charge in [0.05, 0.1) is 21.8 Å². The number of nitrogens with zero attached hydrogens (tertiary/aromatic N) is 2. The van der Waals surface area contributed by atoms with Gasteiger partial charge in [0.25, 0.3) is 11.8 Å². The molecule has 8 nitrogen and oxygen atoms in total. The number of carbonyl (C=O) groups is 3. The molecule has 0 radical (unpaired) electrons. The molecule has 2 fully saturated rings. The van der Waals surface area contributed by atoms with Crippen molar-refractivity contribution >= 4 is 45.1 Å². The molecule has 1 saturated heterocycles. The zero-order valence-electron chi connectivity index (χ0n) is 15.0.